The topological polar surface area (TPSA) is 69.6 Å². The van der Waals surface area contributed by atoms with Gasteiger partial charge in [-0.2, -0.15) is 4.31 Å². The molecule has 0 saturated carbocycles. The summed E-state index contributed by atoms with van der Waals surface area (Å²) in [5.41, 5.74) is -0.745. The van der Waals surface area contributed by atoms with E-state index in [4.69, 9.17) is 5.11 Å². The van der Waals surface area contributed by atoms with Crippen LogP contribution < -0.4 is 5.32 Å². The van der Waals surface area contributed by atoms with Crippen LogP contribution in [0.4, 0.5) is 0 Å². The van der Waals surface area contributed by atoms with E-state index in [0.29, 0.717) is 6.54 Å². The molecule has 0 aliphatic heterocycles. The first-order chi connectivity index (χ1) is 6.78. The zero-order valence-corrected chi connectivity index (χ0v) is 10.8. The van der Waals surface area contributed by atoms with Crippen molar-refractivity contribution in [2.24, 2.45) is 0 Å². The smallest absolute Gasteiger partial charge is 0.215 e. The molecule has 0 aromatic rings. The van der Waals surface area contributed by atoms with E-state index in [9.17, 15) is 8.42 Å². The van der Waals surface area contributed by atoms with Crippen molar-refractivity contribution in [3.8, 4) is 0 Å². The van der Waals surface area contributed by atoms with Gasteiger partial charge < -0.3 is 10.4 Å². The first-order valence-electron chi connectivity index (χ1n) is 5.06. The second kappa shape index (κ2) is 5.79. The highest BCUT2D eigenvalue weighted by molar-refractivity contribution is 7.89. The molecule has 0 unspecified atom stereocenters. The zero-order chi connectivity index (χ0) is 12.1. The number of sulfonamides is 1. The predicted octanol–water partition coefficient (Wildman–Crippen LogP) is -0.372. The van der Waals surface area contributed by atoms with Crippen molar-refractivity contribution in [3.63, 3.8) is 0 Å². The molecule has 6 heteroatoms. The van der Waals surface area contributed by atoms with Crippen LogP contribution in [0.1, 0.15) is 20.8 Å². The molecule has 15 heavy (non-hydrogen) atoms. The van der Waals surface area contributed by atoms with Crippen LogP contribution in [0.5, 0.6) is 0 Å². The highest BCUT2D eigenvalue weighted by atomic mass is 32.2. The molecular formula is C9H22N2O3S. The minimum absolute atomic E-state index is 0.0563. The third-order valence-electron chi connectivity index (χ3n) is 2.44. The van der Waals surface area contributed by atoms with Gasteiger partial charge in [-0.3, -0.25) is 0 Å². The van der Waals surface area contributed by atoms with Crippen LogP contribution in [0.2, 0.25) is 0 Å². The molecule has 0 spiro atoms. The molecule has 0 radical (unpaired) electrons. The summed E-state index contributed by atoms with van der Waals surface area (Å²) in [6.07, 6.45) is 0. The van der Waals surface area contributed by atoms with E-state index in [1.54, 1.807) is 13.8 Å². The van der Waals surface area contributed by atoms with Gasteiger partial charge in [0.05, 0.1) is 17.9 Å². The molecule has 0 atom stereocenters. The summed E-state index contributed by atoms with van der Waals surface area (Å²) >= 11 is 0. The molecule has 0 aromatic heterocycles. The summed E-state index contributed by atoms with van der Waals surface area (Å²) in [5, 5.41) is 12.0. The van der Waals surface area contributed by atoms with Gasteiger partial charge >= 0.3 is 0 Å². The molecule has 5 nitrogen and oxygen atoms in total. The number of nitrogens with zero attached hydrogens (tertiary/aromatic N) is 1. The maximum absolute atomic E-state index is 11.8. The quantitative estimate of drug-likeness (QED) is 0.594. The molecule has 0 heterocycles. The number of aliphatic hydroxyl groups excluding tert-OH is 1. The number of aliphatic hydroxyl groups is 1. The van der Waals surface area contributed by atoms with Crippen LogP contribution in [0.25, 0.3) is 0 Å². The molecule has 0 aliphatic rings. The number of hydrogen-bond acceptors (Lipinski definition) is 4. The first kappa shape index (κ1) is 14.8. The van der Waals surface area contributed by atoms with Crippen LogP contribution in [0.15, 0.2) is 0 Å². The fourth-order valence-electron chi connectivity index (χ4n) is 0.991. The van der Waals surface area contributed by atoms with E-state index in [1.165, 1.54) is 11.4 Å². The Balaban J connectivity index is 4.46. The Morgan fingerprint density at radius 2 is 1.93 bits per heavy atom. The average molecular weight is 238 g/mol. The largest absolute Gasteiger partial charge is 0.394 e. The Morgan fingerprint density at radius 1 is 1.40 bits per heavy atom. The van der Waals surface area contributed by atoms with E-state index >= 15 is 0 Å². The Bertz CT molecular complexity index is 275. The zero-order valence-electron chi connectivity index (χ0n) is 9.95. The summed E-state index contributed by atoms with van der Waals surface area (Å²) in [6.45, 7) is 6.31. The Kier molecular flexibility index (Phi) is 5.72. The van der Waals surface area contributed by atoms with Gasteiger partial charge in [0, 0.05) is 13.6 Å². The summed E-state index contributed by atoms with van der Waals surface area (Å²) in [4.78, 5) is 0. The summed E-state index contributed by atoms with van der Waals surface area (Å²) in [6, 6.07) is 0. The number of hydrogen-bond donors (Lipinski definition) is 2. The molecule has 0 fully saturated rings. The Morgan fingerprint density at radius 3 is 2.33 bits per heavy atom. The summed E-state index contributed by atoms with van der Waals surface area (Å²) in [7, 11) is -1.79. The number of nitrogens with one attached hydrogen (secondary N) is 1. The van der Waals surface area contributed by atoms with Crippen molar-refractivity contribution in [2.75, 3.05) is 32.5 Å². The fraction of sp³-hybridized carbons (Fsp3) is 1.00. The lowest BCUT2D eigenvalue weighted by atomic mass is 10.1. The van der Waals surface area contributed by atoms with Gasteiger partial charge in [-0.1, -0.05) is 6.92 Å². The first-order valence-corrected chi connectivity index (χ1v) is 6.67. The van der Waals surface area contributed by atoms with E-state index in [1.807, 2.05) is 6.92 Å². The molecule has 0 aromatic carbocycles. The van der Waals surface area contributed by atoms with Gasteiger partial charge in [0.2, 0.25) is 10.0 Å². The fourth-order valence-corrected chi connectivity index (χ4v) is 2.48. The second-order valence-electron chi connectivity index (χ2n) is 4.11. The molecular weight excluding hydrogens is 216 g/mol. The van der Waals surface area contributed by atoms with E-state index < -0.39 is 15.6 Å². The standard InChI is InChI=1S/C9H22N2O3S/c1-5-10-6-7-15(13,14)11(4)9(2,3)8-12/h10,12H,5-8H2,1-4H3. The van der Waals surface area contributed by atoms with Gasteiger partial charge in [-0.15, -0.1) is 0 Å². The van der Waals surface area contributed by atoms with Gasteiger partial charge in [0.1, 0.15) is 0 Å². The van der Waals surface area contributed by atoms with E-state index in [2.05, 4.69) is 5.32 Å². The molecule has 2 N–H and O–H groups in total. The maximum Gasteiger partial charge on any atom is 0.215 e. The molecule has 0 aliphatic carbocycles. The lowest BCUT2D eigenvalue weighted by Gasteiger charge is -2.32. The summed E-state index contributed by atoms with van der Waals surface area (Å²) in [5.74, 6) is 0.0563. The average Bonchev–Trinajstić information content (AvgIpc) is 2.17. The maximum atomic E-state index is 11.8. The van der Waals surface area contributed by atoms with E-state index in [0.717, 1.165) is 6.54 Å². The lowest BCUT2D eigenvalue weighted by molar-refractivity contribution is 0.138. The third-order valence-corrected chi connectivity index (χ3v) is 4.49. The van der Waals surface area contributed by atoms with Crippen molar-refractivity contribution in [3.05, 3.63) is 0 Å². The lowest BCUT2D eigenvalue weighted by Crippen LogP contribution is -2.49. The van der Waals surface area contributed by atoms with Gasteiger partial charge in [0.15, 0.2) is 0 Å². The van der Waals surface area contributed by atoms with Gasteiger partial charge in [-0.05, 0) is 20.4 Å². The number of likely N-dealkylation sites (N-methyl/N-ethyl adjacent to an activating group) is 1. The number of rotatable bonds is 7. The highest BCUT2D eigenvalue weighted by Gasteiger charge is 2.31. The van der Waals surface area contributed by atoms with Gasteiger partial charge in [0.25, 0.3) is 0 Å². The minimum atomic E-state index is -3.29. The van der Waals surface area contributed by atoms with E-state index in [-0.39, 0.29) is 12.4 Å². The highest BCUT2D eigenvalue weighted by Crippen LogP contribution is 2.15. The third kappa shape index (κ3) is 4.46. The monoisotopic (exact) mass is 238 g/mol. The van der Waals surface area contributed by atoms with Crippen LogP contribution in [0, 0.1) is 0 Å². The van der Waals surface area contributed by atoms with Crippen molar-refractivity contribution >= 4 is 10.0 Å². The summed E-state index contributed by atoms with van der Waals surface area (Å²) < 4.78 is 24.8. The SMILES string of the molecule is CCNCCS(=O)(=O)N(C)C(C)(C)CO. The molecule has 92 valence electrons. The van der Waals surface area contributed by atoms with Crippen molar-refractivity contribution < 1.29 is 13.5 Å². The Labute approximate surface area is 92.5 Å². The molecule has 0 amide bonds. The van der Waals surface area contributed by atoms with Crippen molar-refractivity contribution in [2.45, 2.75) is 26.3 Å². The van der Waals surface area contributed by atoms with Crippen LogP contribution in [0.3, 0.4) is 0 Å². The van der Waals surface area contributed by atoms with Crippen LogP contribution in [-0.4, -0.2) is 55.9 Å². The van der Waals surface area contributed by atoms with Crippen LogP contribution in [-0.2, 0) is 10.0 Å². The van der Waals surface area contributed by atoms with Gasteiger partial charge in [-0.25, -0.2) is 8.42 Å². The normalized spacial score (nSPS) is 13.5. The van der Waals surface area contributed by atoms with Crippen molar-refractivity contribution in [1.82, 2.24) is 9.62 Å². The second-order valence-corrected chi connectivity index (χ2v) is 6.23. The molecule has 0 saturated heterocycles. The minimum Gasteiger partial charge on any atom is -0.394 e. The molecule has 0 bridgehead atoms. The Hall–Kier alpha value is -0.170. The van der Waals surface area contributed by atoms with Crippen LogP contribution >= 0.6 is 0 Å². The molecule has 0 rings (SSSR count). The predicted molar refractivity (Wildman–Crippen MR) is 61.3 cm³/mol. The van der Waals surface area contributed by atoms with Crippen molar-refractivity contribution in [1.29, 1.82) is 0 Å².